The maximum Gasteiger partial charge on any atom is 0.275 e. The Balaban J connectivity index is 1.39. The Morgan fingerprint density at radius 2 is 2.28 bits per heavy atom. The van der Waals surface area contributed by atoms with Crippen LogP contribution in [0.5, 0.6) is 0 Å². The first-order valence-electron chi connectivity index (χ1n) is 10.2. The van der Waals surface area contributed by atoms with Gasteiger partial charge < -0.3 is 10.1 Å². The van der Waals surface area contributed by atoms with Crippen molar-refractivity contribution in [3.05, 3.63) is 53.8 Å². The van der Waals surface area contributed by atoms with Gasteiger partial charge in [-0.1, -0.05) is 6.07 Å². The van der Waals surface area contributed by atoms with Gasteiger partial charge in [0.25, 0.3) is 5.91 Å². The number of pyridine rings is 1. The number of carbonyl (C=O) groups is 1. The number of aromatic amines is 1. The Hall–Kier alpha value is -3.44. The Bertz CT molecular complexity index is 1230. The van der Waals surface area contributed by atoms with Crippen LogP contribution in [0.1, 0.15) is 36.3 Å². The van der Waals surface area contributed by atoms with E-state index in [0.717, 1.165) is 12.8 Å². The van der Waals surface area contributed by atoms with Crippen molar-refractivity contribution in [3.8, 4) is 22.0 Å². The van der Waals surface area contributed by atoms with Crippen molar-refractivity contribution in [3.63, 3.8) is 0 Å². The molecule has 1 saturated carbocycles. The van der Waals surface area contributed by atoms with Gasteiger partial charge in [0.15, 0.2) is 0 Å². The fourth-order valence-electron chi connectivity index (χ4n) is 3.60. The average Bonchev–Trinajstić information content (AvgIpc) is 3.50. The summed E-state index contributed by atoms with van der Waals surface area (Å²) in [6, 6.07) is 5.74. The van der Waals surface area contributed by atoms with Gasteiger partial charge in [-0.2, -0.15) is 14.6 Å². The summed E-state index contributed by atoms with van der Waals surface area (Å²) in [5, 5.41) is 15.4. The van der Waals surface area contributed by atoms with E-state index < -0.39 is 11.9 Å². The first-order chi connectivity index (χ1) is 15.6. The minimum atomic E-state index is -0.587. The van der Waals surface area contributed by atoms with E-state index in [9.17, 15) is 9.18 Å². The van der Waals surface area contributed by atoms with E-state index in [1.165, 1.54) is 17.5 Å². The zero-order valence-corrected chi connectivity index (χ0v) is 18.0. The average molecular weight is 454 g/mol. The van der Waals surface area contributed by atoms with Gasteiger partial charge in [0.05, 0.1) is 35.3 Å². The number of aromatic nitrogens is 6. The van der Waals surface area contributed by atoms with Crippen molar-refractivity contribution in [2.75, 3.05) is 11.9 Å². The molecule has 2 N–H and O–H groups in total. The summed E-state index contributed by atoms with van der Waals surface area (Å²) < 4.78 is 21.3. The molecule has 11 heteroatoms. The van der Waals surface area contributed by atoms with E-state index in [1.807, 2.05) is 36.0 Å². The van der Waals surface area contributed by atoms with Crippen LogP contribution in [0.2, 0.25) is 0 Å². The highest BCUT2D eigenvalue weighted by atomic mass is 32.1. The minimum Gasteiger partial charge on any atom is -0.378 e. The van der Waals surface area contributed by atoms with E-state index in [2.05, 4.69) is 25.5 Å². The van der Waals surface area contributed by atoms with Crippen LogP contribution in [0.15, 0.2) is 42.2 Å². The van der Waals surface area contributed by atoms with Crippen LogP contribution >= 0.6 is 11.3 Å². The van der Waals surface area contributed by atoms with Gasteiger partial charge in [0.2, 0.25) is 5.95 Å². The summed E-state index contributed by atoms with van der Waals surface area (Å²) in [4.78, 5) is 21.5. The summed E-state index contributed by atoms with van der Waals surface area (Å²) in [7, 11) is 0. The van der Waals surface area contributed by atoms with Crippen molar-refractivity contribution in [1.29, 1.82) is 0 Å². The third-order valence-electron chi connectivity index (χ3n) is 5.29. The molecule has 4 aromatic heterocycles. The molecule has 0 aliphatic heterocycles. The number of nitrogens with zero attached hydrogens (tertiary/aromatic N) is 5. The minimum absolute atomic E-state index is 0.186. The number of carbonyl (C=O) groups excluding carboxylic acids is 1. The fraction of sp³-hybridized carbons (Fsp3) is 0.286. The standard InChI is InChI=1S/C21H20FN7O2S/c1-2-31-13-7-12(8-13)29-10-16(18(28-29)15-5-3-4-6-23-15)25-20(30)17-11-32-21(26-17)14-9-24-27-19(14)22/h3-6,9-13H,2,7-8H2,1H3,(H,24,27)(H,25,30)/t12-,13-. The van der Waals surface area contributed by atoms with Gasteiger partial charge >= 0.3 is 0 Å². The second kappa shape index (κ2) is 8.60. The highest BCUT2D eigenvalue weighted by Crippen LogP contribution is 2.37. The van der Waals surface area contributed by atoms with Crippen LogP contribution in [-0.4, -0.2) is 48.6 Å². The third-order valence-corrected chi connectivity index (χ3v) is 6.17. The zero-order chi connectivity index (χ0) is 22.1. The molecule has 0 saturated heterocycles. The SMILES string of the molecule is CCO[C@H]1C[C@H](n2cc(NC(=O)c3csc(-c4cn[nH]c4F)n3)c(-c3ccccn3)n2)C1. The largest absolute Gasteiger partial charge is 0.378 e. The van der Waals surface area contributed by atoms with Crippen LogP contribution in [0.4, 0.5) is 10.1 Å². The van der Waals surface area contributed by atoms with Gasteiger partial charge in [0.1, 0.15) is 16.4 Å². The van der Waals surface area contributed by atoms with Crippen molar-refractivity contribution in [1.82, 2.24) is 29.9 Å². The van der Waals surface area contributed by atoms with Crippen molar-refractivity contribution in [2.45, 2.75) is 31.9 Å². The Kier molecular flexibility index (Phi) is 5.50. The molecule has 1 amide bonds. The smallest absolute Gasteiger partial charge is 0.275 e. The maximum atomic E-state index is 13.7. The number of amides is 1. The lowest BCUT2D eigenvalue weighted by Crippen LogP contribution is -2.33. The normalized spacial score (nSPS) is 17.8. The highest BCUT2D eigenvalue weighted by Gasteiger charge is 2.32. The van der Waals surface area contributed by atoms with E-state index in [4.69, 9.17) is 9.84 Å². The summed E-state index contributed by atoms with van der Waals surface area (Å²) in [6.07, 6.45) is 6.82. The predicted octanol–water partition coefficient (Wildman–Crippen LogP) is 3.92. The number of rotatable bonds is 7. The topological polar surface area (TPSA) is 111 Å². The quantitative estimate of drug-likeness (QED) is 0.439. The number of nitrogens with one attached hydrogen (secondary N) is 2. The van der Waals surface area contributed by atoms with Gasteiger partial charge in [0, 0.05) is 24.4 Å². The molecule has 4 heterocycles. The Morgan fingerprint density at radius 3 is 3.00 bits per heavy atom. The molecule has 4 aromatic rings. The van der Waals surface area contributed by atoms with E-state index >= 15 is 0 Å². The number of H-pyrrole nitrogens is 1. The molecular weight excluding hydrogens is 433 g/mol. The molecule has 9 nitrogen and oxygen atoms in total. The number of thiazole rings is 1. The molecule has 1 fully saturated rings. The number of ether oxygens (including phenoxy) is 1. The molecule has 32 heavy (non-hydrogen) atoms. The predicted molar refractivity (Wildman–Crippen MR) is 117 cm³/mol. The molecule has 0 aromatic carbocycles. The zero-order valence-electron chi connectivity index (χ0n) is 17.2. The van der Waals surface area contributed by atoms with Crippen LogP contribution in [-0.2, 0) is 4.74 Å². The number of hydrogen-bond acceptors (Lipinski definition) is 7. The lowest BCUT2D eigenvalue weighted by Gasteiger charge is -2.34. The van der Waals surface area contributed by atoms with Gasteiger partial charge in [-0.25, -0.2) is 4.98 Å². The summed E-state index contributed by atoms with van der Waals surface area (Å²) in [5.41, 5.74) is 2.18. The van der Waals surface area contributed by atoms with Crippen LogP contribution in [0.25, 0.3) is 22.0 Å². The third kappa shape index (κ3) is 3.92. The lowest BCUT2D eigenvalue weighted by atomic mass is 9.89. The van der Waals surface area contributed by atoms with Crippen molar-refractivity contribution >= 4 is 22.9 Å². The maximum absolute atomic E-state index is 13.7. The number of halogens is 1. The van der Waals surface area contributed by atoms with Crippen molar-refractivity contribution in [2.24, 2.45) is 0 Å². The number of anilines is 1. The molecule has 1 aliphatic carbocycles. The summed E-state index contributed by atoms with van der Waals surface area (Å²) in [6.45, 7) is 2.67. The van der Waals surface area contributed by atoms with Crippen molar-refractivity contribution < 1.29 is 13.9 Å². The van der Waals surface area contributed by atoms with Crippen LogP contribution in [0.3, 0.4) is 0 Å². The van der Waals surface area contributed by atoms with E-state index in [-0.39, 0.29) is 23.4 Å². The van der Waals surface area contributed by atoms with E-state index in [1.54, 1.807) is 11.6 Å². The molecule has 0 spiro atoms. The first kappa shape index (κ1) is 20.5. The molecule has 164 valence electrons. The number of hydrogen-bond donors (Lipinski definition) is 2. The van der Waals surface area contributed by atoms with Crippen LogP contribution in [0, 0.1) is 5.95 Å². The molecular formula is C21H20FN7O2S. The molecule has 0 atom stereocenters. The fourth-order valence-corrected chi connectivity index (χ4v) is 4.40. The summed E-state index contributed by atoms with van der Waals surface area (Å²) in [5.74, 6) is -0.996. The Morgan fingerprint density at radius 1 is 1.41 bits per heavy atom. The molecule has 0 radical (unpaired) electrons. The van der Waals surface area contributed by atoms with Crippen LogP contribution < -0.4 is 5.32 Å². The Labute approximate surface area is 186 Å². The second-order valence-electron chi connectivity index (χ2n) is 7.38. The first-order valence-corrected chi connectivity index (χ1v) is 11.1. The monoisotopic (exact) mass is 453 g/mol. The van der Waals surface area contributed by atoms with Gasteiger partial charge in [-0.15, -0.1) is 11.3 Å². The molecule has 1 aliphatic rings. The van der Waals surface area contributed by atoms with Gasteiger partial charge in [-0.3, -0.25) is 19.6 Å². The molecule has 0 unspecified atom stereocenters. The van der Waals surface area contributed by atoms with Gasteiger partial charge in [-0.05, 0) is 31.9 Å². The molecule has 0 bridgehead atoms. The lowest BCUT2D eigenvalue weighted by molar-refractivity contribution is -0.0226. The summed E-state index contributed by atoms with van der Waals surface area (Å²) >= 11 is 1.17. The second-order valence-corrected chi connectivity index (χ2v) is 8.24. The molecule has 5 rings (SSSR count). The highest BCUT2D eigenvalue weighted by molar-refractivity contribution is 7.13. The van der Waals surface area contributed by atoms with E-state index in [0.29, 0.717) is 28.7 Å².